The van der Waals surface area contributed by atoms with Crippen molar-refractivity contribution in [1.29, 1.82) is 0 Å². The van der Waals surface area contributed by atoms with Crippen LogP contribution in [-0.4, -0.2) is 58.5 Å². The molecule has 7 nitrogen and oxygen atoms in total. The molecule has 3 N–H and O–H groups in total. The number of carbonyl (C=O) groups is 1. The van der Waals surface area contributed by atoms with E-state index in [1.807, 2.05) is 36.4 Å². The quantitative estimate of drug-likeness (QED) is 0.627. The van der Waals surface area contributed by atoms with Gasteiger partial charge >= 0.3 is 6.03 Å². The third-order valence-corrected chi connectivity index (χ3v) is 6.31. The van der Waals surface area contributed by atoms with E-state index in [-0.39, 0.29) is 6.03 Å². The van der Waals surface area contributed by atoms with Gasteiger partial charge < -0.3 is 25.3 Å². The zero-order valence-corrected chi connectivity index (χ0v) is 17.6. The van der Waals surface area contributed by atoms with Crippen molar-refractivity contribution in [2.24, 2.45) is 5.92 Å². The molecule has 0 aliphatic carbocycles. The van der Waals surface area contributed by atoms with E-state index in [9.17, 15) is 13.6 Å². The number of halogens is 2. The molecule has 0 saturated carbocycles. The van der Waals surface area contributed by atoms with Crippen LogP contribution in [0.3, 0.4) is 0 Å². The molecule has 0 spiro atoms. The van der Waals surface area contributed by atoms with Crippen molar-refractivity contribution < 1.29 is 18.3 Å². The van der Waals surface area contributed by atoms with Gasteiger partial charge in [0.1, 0.15) is 12.4 Å². The summed E-state index contributed by atoms with van der Waals surface area (Å²) in [5.41, 5.74) is 10.3. The number of nitrogens with one attached hydrogen (secondary N) is 1. The summed E-state index contributed by atoms with van der Waals surface area (Å²) in [4.78, 5) is 23.8. The van der Waals surface area contributed by atoms with Crippen LogP contribution in [0.25, 0.3) is 22.2 Å². The molecule has 3 aromatic rings. The number of hydrogen-bond acceptors (Lipinski definition) is 4. The van der Waals surface area contributed by atoms with Gasteiger partial charge in [0, 0.05) is 24.6 Å². The van der Waals surface area contributed by atoms with Crippen LogP contribution in [0, 0.1) is 5.92 Å². The Balaban J connectivity index is 1.35. The zero-order chi connectivity index (χ0) is 22.2. The number of H-pyrrole nitrogens is 1. The van der Waals surface area contributed by atoms with Crippen LogP contribution in [0.2, 0.25) is 0 Å². The number of benzene rings is 2. The van der Waals surface area contributed by atoms with Gasteiger partial charge in [-0.25, -0.2) is 18.6 Å². The van der Waals surface area contributed by atoms with E-state index in [0.29, 0.717) is 51.6 Å². The average Bonchev–Trinajstić information content (AvgIpc) is 3.04. The van der Waals surface area contributed by atoms with Crippen molar-refractivity contribution in [3.8, 4) is 16.9 Å². The van der Waals surface area contributed by atoms with Gasteiger partial charge in [-0.1, -0.05) is 12.1 Å². The summed E-state index contributed by atoms with van der Waals surface area (Å²) in [5, 5.41) is 0. The maximum Gasteiger partial charge on any atom is 0.320 e. The van der Waals surface area contributed by atoms with Crippen molar-refractivity contribution in [3.63, 3.8) is 0 Å². The van der Waals surface area contributed by atoms with Crippen molar-refractivity contribution in [2.75, 3.05) is 32.0 Å². The lowest BCUT2D eigenvalue weighted by Gasteiger charge is -2.35. The summed E-state index contributed by atoms with van der Waals surface area (Å²) in [7, 11) is 0. The normalized spacial score (nSPS) is 17.3. The van der Waals surface area contributed by atoms with E-state index < -0.39 is 12.3 Å². The number of amides is 2. The van der Waals surface area contributed by atoms with E-state index >= 15 is 0 Å². The van der Waals surface area contributed by atoms with Crippen LogP contribution in [0.15, 0.2) is 36.4 Å². The number of aromatic nitrogens is 2. The molecule has 9 heteroatoms. The molecule has 1 fully saturated rings. The second kappa shape index (κ2) is 8.29. The van der Waals surface area contributed by atoms with Gasteiger partial charge in [0.15, 0.2) is 5.95 Å². The van der Waals surface area contributed by atoms with Crippen LogP contribution in [0.4, 0.5) is 19.5 Å². The van der Waals surface area contributed by atoms with E-state index in [1.54, 1.807) is 9.80 Å². The number of fused-ring (bicyclic) bond motifs is 2. The summed E-state index contributed by atoms with van der Waals surface area (Å²) in [6.07, 6.45) is -1.63. The third-order valence-electron chi connectivity index (χ3n) is 6.31. The van der Waals surface area contributed by atoms with Gasteiger partial charge in [-0.15, -0.1) is 0 Å². The molecular weight excluding hydrogens is 416 g/mol. The summed E-state index contributed by atoms with van der Waals surface area (Å²) < 4.78 is 31.8. The molecule has 32 heavy (non-hydrogen) atoms. The third kappa shape index (κ3) is 3.94. The first-order valence-electron chi connectivity index (χ1n) is 10.8. The van der Waals surface area contributed by atoms with Crippen molar-refractivity contribution >= 4 is 23.0 Å². The highest BCUT2D eigenvalue weighted by Crippen LogP contribution is 2.31. The maximum absolute atomic E-state index is 13.1. The summed E-state index contributed by atoms with van der Waals surface area (Å²) in [6, 6.07) is 11.7. The van der Waals surface area contributed by atoms with Crippen LogP contribution in [0.5, 0.6) is 5.75 Å². The first kappa shape index (κ1) is 20.5. The highest BCUT2D eigenvalue weighted by atomic mass is 19.3. The molecule has 2 amide bonds. The van der Waals surface area contributed by atoms with E-state index in [1.165, 1.54) is 0 Å². The lowest BCUT2D eigenvalue weighted by atomic mass is 9.97. The number of hydrogen-bond donors (Lipinski definition) is 2. The summed E-state index contributed by atoms with van der Waals surface area (Å²) in [6.45, 7) is 1.99. The Morgan fingerprint density at radius 1 is 1.09 bits per heavy atom. The highest BCUT2D eigenvalue weighted by Gasteiger charge is 2.31. The average molecular weight is 441 g/mol. The Kier molecular flexibility index (Phi) is 5.32. The minimum atomic E-state index is -2.32. The minimum Gasteiger partial charge on any atom is -0.491 e. The van der Waals surface area contributed by atoms with Crippen molar-refractivity contribution in [3.05, 3.63) is 42.0 Å². The van der Waals surface area contributed by atoms with E-state index in [0.717, 1.165) is 33.5 Å². The number of alkyl halides is 2. The number of anilines is 1. The lowest BCUT2D eigenvalue weighted by Crippen LogP contribution is -2.47. The molecule has 2 aliphatic heterocycles. The van der Waals surface area contributed by atoms with Gasteiger partial charge in [-0.2, -0.15) is 0 Å². The van der Waals surface area contributed by atoms with Crippen LogP contribution >= 0.6 is 0 Å². The predicted octanol–water partition coefficient (Wildman–Crippen LogP) is 4.10. The molecule has 0 atom stereocenters. The first-order chi connectivity index (χ1) is 15.5. The fourth-order valence-corrected chi connectivity index (χ4v) is 4.49. The van der Waals surface area contributed by atoms with Crippen LogP contribution in [0.1, 0.15) is 18.4 Å². The molecule has 5 rings (SSSR count). The van der Waals surface area contributed by atoms with E-state index in [2.05, 4.69) is 9.97 Å². The van der Waals surface area contributed by atoms with Crippen LogP contribution in [-0.2, 0) is 6.54 Å². The number of carbonyl (C=O) groups excluding carboxylic acids is 1. The largest absolute Gasteiger partial charge is 0.491 e. The van der Waals surface area contributed by atoms with Crippen molar-refractivity contribution in [1.82, 2.24) is 19.8 Å². The zero-order valence-electron chi connectivity index (χ0n) is 17.6. The van der Waals surface area contributed by atoms with Crippen molar-refractivity contribution in [2.45, 2.75) is 25.8 Å². The summed E-state index contributed by atoms with van der Waals surface area (Å²) >= 11 is 0. The molecule has 1 saturated heterocycles. The smallest absolute Gasteiger partial charge is 0.320 e. The number of ether oxygens (including phenoxy) is 1. The highest BCUT2D eigenvalue weighted by molar-refractivity contribution is 5.83. The number of nitrogens with two attached hydrogens (primary N) is 1. The van der Waals surface area contributed by atoms with Gasteiger partial charge in [0.05, 0.1) is 24.1 Å². The van der Waals surface area contributed by atoms with Gasteiger partial charge in [0.2, 0.25) is 6.43 Å². The Labute approximate surface area is 184 Å². The summed E-state index contributed by atoms with van der Waals surface area (Å²) in [5.74, 6) is 0.517. The number of rotatable bonds is 2. The van der Waals surface area contributed by atoms with Gasteiger partial charge in [-0.05, 0) is 48.2 Å². The minimum absolute atomic E-state index is 0.117. The fourth-order valence-electron chi connectivity index (χ4n) is 4.49. The Morgan fingerprint density at radius 3 is 2.62 bits per heavy atom. The Bertz CT molecular complexity index is 1140. The number of nitrogens with zero attached hydrogens (tertiary/aromatic N) is 3. The molecular formula is C23H25F2N5O2. The SMILES string of the molecule is Nc1nc2ccc(-c3ccc4c(c3)CN(C(=O)N3CCC(C(F)F)CC3)CCO4)cc2[nH]1. The topological polar surface area (TPSA) is 87.5 Å². The molecule has 2 aliphatic rings. The number of piperidine rings is 1. The van der Waals surface area contributed by atoms with Gasteiger partial charge in [-0.3, -0.25) is 0 Å². The van der Waals surface area contributed by atoms with Gasteiger partial charge in [0.25, 0.3) is 0 Å². The molecule has 0 radical (unpaired) electrons. The number of urea groups is 1. The lowest BCUT2D eigenvalue weighted by molar-refractivity contribution is 0.0374. The Hall–Kier alpha value is -3.36. The molecule has 0 unspecified atom stereocenters. The Morgan fingerprint density at radius 2 is 1.84 bits per heavy atom. The molecule has 0 bridgehead atoms. The number of aromatic amines is 1. The monoisotopic (exact) mass is 441 g/mol. The maximum atomic E-state index is 13.1. The molecule has 3 heterocycles. The molecule has 1 aromatic heterocycles. The number of imidazole rings is 1. The number of likely N-dealkylation sites (tertiary alicyclic amines) is 1. The molecule has 168 valence electrons. The number of nitrogen functional groups attached to an aromatic ring is 1. The first-order valence-corrected chi connectivity index (χ1v) is 10.8. The predicted molar refractivity (Wildman–Crippen MR) is 118 cm³/mol. The fraction of sp³-hybridized carbons (Fsp3) is 0.391. The van der Waals surface area contributed by atoms with Crippen LogP contribution < -0.4 is 10.5 Å². The standard InChI is InChI=1S/C23H25F2N5O2/c24-21(25)14-5-7-29(8-6-14)23(31)30-9-10-32-20-4-2-15(11-17(20)13-30)16-1-3-18-19(12-16)28-22(26)27-18/h1-4,11-12,14,21H,5-10,13H2,(H3,26,27,28). The second-order valence-corrected chi connectivity index (χ2v) is 8.39. The molecule has 2 aromatic carbocycles. The second-order valence-electron chi connectivity index (χ2n) is 8.39. The van der Waals surface area contributed by atoms with E-state index in [4.69, 9.17) is 10.5 Å².